The van der Waals surface area contributed by atoms with E-state index in [9.17, 15) is 13.8 Å². The van der Waals surface area contributed by atoms with Crippen LogP contribution in [-0.2, 0) is 38.4 Å². The lowest BCUT2D eigenvalue weighted by molar-refractivity contribution is -0.152. The third-order valence-electron chi connectivity index (χ3n) is 7.75. The first-order valence-corrected chi connectivity index (χ1v) is 15.9. The molecule has 4 aromatic rings. The molecule has 0 spiro atoms. The minimum absolute atomic E-state index is 0.238. The normalized spacial score (nSPS) is 13.2. The Morgan fingerprint density at radius 2 is 1.62 bits per heavy atom. The molecule has 3 atom stereocenters. The number of hydrogen-bond donors (Lipinski definition) is 1. The van der Waals surface area contributed by atoms with Crippen LogP contribution in [0.4, 0.5) is 0 Å². The molecule has 0 aliphatic carbocycles. The highest BCUT2D eigenvalue weighted by Crippen LogP contribution is 2.24. The number of aryl methyl sites for hydroxylation is 4. The van der Waals surface area contributed by atoms with Crippen LogP contribution in [0.1, 0.15) is 57.6 Å². The molecule has 45 heavy (non-hydrogen) atoms. The van der Waals surface area contributed by atoms with E-state index in [1.54, 1.807) is 36.8 Å². The number of aromatic nitrogens is 2. The predicted octanol–water partition coefficient (Wildman–Crippen LogP) is 5.86. The van der Waals surface area contributed by atoms with Gasteiger partial charge in [-0.1, -0.05) is 37.6 Å². The Balaban J connectivity index is 1.61. The van der Waals surface area contributed by atoms with Gasteiger partial charge in [0.05, 0.1) is 19.0 Å². The molecule has 4 rings (SSSR count). The van der Waals surface area contributed by atoms with E-state index in [0.717, 1.165) is 39.1 Å². The number of rotatable bonds is 13. The SMILES string of the molecule is COC(=O)c1cc(C)c(CC(Cc2cc(-n3ccnc3)ccc2C)OC(=O)C(NS(=O)Oc2ccc(C)cc2)C(C)C)c(C)c1. The van der Waals surface area contributed by atoms with Gasteiger partial charge in [0.15, 0.2) is 0 Å². The van der Waals surface area contributed by atoms with E-state index in [4.69, 9.17) is 13.7 Å². The predicted molar refractivity (Wildman–Crippen MR) is 175 cm³/mol. The van der Waals surface area contributed by atoms with Crippen LogP contribution >= 0.6 is 0 Å². The number of hydrogen-bond acceptors (Lipinski definition) is 7. The maximum atomic E-state index is 13.8. The molecule has 3 unspecified atom stereocenters. The second kappa shape index (κ2) is 15.1. The van der Waals surface area contributed by atoms with Crippen molar-refractivity contribution < 1.29 is 27.5 Å². The van der Waals surface area contributed by atoms with Crippen molar-refractivity contribution in [2.75, 3.05) is 7.11 Å². The summed E-state index contributed by atoms with van der Waals surface area (Å²) in [5.74, 6) is -0.747. The fraction of sp³-hybridized carbons (Fsp3) is 0.343. The van der Waals surface area contributed by atoms with Crippen LogP contribution in [0.2, 0.25) is 0 Å². The molecule has 0 fully saturated rings. The molecule has 0 saturated heterocycles. The van der Waals surface area contributed by atoms with E-state index in [0.29, 0.717) is 24.2 Å². The Hall–Kier alpha value is -4.28. The lowest BCUT2D eigenvalue weighted by atomic mass is 9.91. The van der Waals surface area contributed by atoms with Crippen molar-refractivity contribution in [3.8, 4) is 11.4 Å². The molecule has 3 aromatic carbocycles. The number of ether oxygens (including phenoxy) is 2. The topological polar surface area (TPSA) is 109 Å². The summed E-state index contributed by atoms with van der Waals surface area (Å²) in [4.78, 5) is 30.1. The van der Waals surface area contributed by atoms with Gasteiger partial charge in [0.2, 0.25) is 0 Å². The zero-order valence-corrected chi connectivity index (χ0v) is 27.6. The summed E-state index contributed by atoms with van der Waals surface area (Å²) in [7, 11) is 1.36. The molecule has 1 heterocycles. The minimum atomic E-state index is -1.98. The number of carbonyl (C=O) groups excluding carboxylic acids is 2. The first-order chi connectivity index (χ1) is 21.4. The van der Waals surface area contributed by atoms with Gasteiger partial charge in [-0.3, -0.25) is 4.79 Å². The number of benzene rings is 3. The summed E-state index contributed by atoms with van der Waals surface area (Å²) in [6.07, 6.45) is 5.61. The van der Waals surface area contributed by atoms with Crippen LogP contribution < -0.4 is 8.91 Å². The Labute approximate surface area is 267 Å². The molecule has 0 aliphatic heterocycles. The number of nitrogens with one attached hydrogen (secondary N) is 1. The van der Waals surface area contributed by atoms with Gasteiger partial charge in [0, 0.05) is 30.9 Å². The molecule has 1 N–H and O–H groups in total. The second-order valence-electron chi connectivity index (χ2n) is 11.6. The molecule has 10 heteroatoms. The van der Waals surface area contributed by atoms with Gasteiger partial charge in [-0.05, 0) is 97.8 Å². The number of methoxy groups -OCH3 is 1. The largest absolute Gasteiger partial charge is 0.465 e. The van der Waals surface area contributed by atoms with Crippen LogP contribution in [0.15, 0.2) is 73.3 Å². The van der Waals surface area contributed by atoms with E-state index in [-0.39, 0.29) is 5.92 Å². The van der Waals surface area contributed by atoms with Crippen LogP contribution in [0.5, 0.6) is 5.75 Å². The van der Waals surface area contributed by atoms with Gasteiger partial charge < -0.3 is 18.2 Å². The summed E-state index contributed by atoms with van der Waals surface area (Å²) >= 11 is -1.98. The lowest BCUT2D eigenvalue weighted by Crippen LogP contribution is -2.45. The first-order valence-electron chi connectivity index (χ1n) is 14.8. The van der Waals surface area contributed by atoms with Gasteiger partial charge in [-0.25, -0.2) is 9.78 Å². The Kier molecular flexibility index (Phi) is 11.3. The Morgan fingerprint density at radius 1 is 0.933 bits per heavy atom. The van der Waals surface area contributed by atoms with Crippen LogP contribution in [0.3, 0.4) is 0 Å². The molecule has 1 aromatic heterocycles. The van der Waals surface area contributed by atoms with E-state index in [1.807, 2.05) is 76.6 Å². The van der Waals surface area contributed by atoms with Gasteiger partial charge in [0.1, 0.15) is 17.9 Å². The first kappa shape index (κ1) is 33.6. The van der Waals surface area contributed by atoms with Crippen molar-refractivity contribution in [2.45, 2.75) is 66.5 Å². The van der Waals surface area contributed by atoms with Crippen molar-refractivity contribution >= 4 is 23.2 Å². The van der Waals surface area contributed by atoms with E-state index in [1.165, 1.54) is 7.11 Å². The monoisotopic (exact) mass is 631 g/mol. The third kappa shape index (κ3) is 8.89. The lowest BCUT2D eigenvalue weighted by Gasteiger charge is -2.26. The highest BCUT2D eigenvalue weighted by molar-refractivity contribution is 7.78. The molecule has 0 saturated carbocycles. The third-order valence-corrected chi connectivity index (χ3v) is 8.54. The molecular weight excluding hydrogens is 590 g/mol. The summed E-state index contributed by atoms with van der Waals surface area (Å²) in [6, 6.07) is 16.0. The maximum absolute atomic E-state index is 13.8. The Bertz CT molecular complexity index is 1630. The van der Waals surface area contributed by atoms with Crippen LogP contribution in [-0.4, -0.2) is 45.0 Å². The average Bonchev–Trinajstić information content (AvgIpc) is 3.54. The minimum Gasteiger partial charge on any atom is -0.465 e. The molecule has 0 radical (unpaired) electrons. The van der Waals surface area contributed by atoms with E-state index < -0.39 is 35.4 Å². The molecule has 9 nitrogen and oxygen atoms in total. The summed E-state index contributed by atoms with van der Waals surface area (Å²) in [5.41, 5.74) is 7.29. The van der Waals surface area contributed by atoms with Crippen LogP contribution in [0.25, 0.3) is 5.69 Å². The van der Waals surface area contributed by atoms with Gasteiger partial charge in [-0.2, -0.15) is 8.93 Å². The molecule has 0 aliphatic rings. The molecular formula is C35H41N3O6S. The highest BCUT2D eigenvalue weighted by Gasteiger charge is 2.30. The fourth-order valence-corrected chi connectivity index (χ4v) is 6.04. The zero-order chi connectivity index (χ0) is 32.7. The van der Waals surface area contributed by atoms with E-state index >= 15 is 0 Å². The summed E-state index contributed by atoms with van der Waals surface area (Å²) in [6.45, 7) is 11.6. The molecule has 0 amide bonds. The fourth-order valence-electron chi connectivity index (χ4n) is 5.13. The number of carbonyl (C=O) groups is 2. The highest BCUT2D eigenvalue weighted by atomic mass is 32.2. The zero-order valence-electron chi connectivity index (χ0n) is 26.8. The maximum Gasteiger partial charge on any atom is 0.337 e. The second-order valence-corrected chi connectivity index (χ2v) is 12.5. The van der Waals surface area contributed by atoms with Gasteiger partial charge >= 0.3 is 11.9 Å². The van der Waals surface area contributed by atoms with Crippen molar-refractivity contribution in [3.05, 3.63) is 112 Å². The standard InChI is InChI=1S/C35H41N3O6S/c1-22(2)33(37-45(41)44-30-12-8-23(3)9-13-30)35(40)43-31(20-32-25(5)16-28(17-26(32)6)34(39)42-7)19-27-18-29(11-10-24(27)4)38-15-14-36-21-38/h8-18,21-22,31,33,37H,19-20H2,1-7H3. The van der Waals surface area contributed by atoms with Gasteiger partial charge in [-0.15, -0.1) is 0 Å². The van der Waals surface area contributed by atoms with Crippen molar-refractivity contribution in [1.82, 2.24) is 14.3 Å². The smallest absolute Gasteiger partial charge is 0.337 e. The van der Waals surface area contributed by atoms with Crippen LogP contribution in [0, 0.1) is 33.6 Å². The summed E-state index contributed by atoms with van der Waals surface area (Å²) < 4.78 is 34.3. The van der Waals surface area contributed by atoms with Crippen molar-refractivity contribution in [3.63, 3.8) is 0 Å². The number of imidazole rings is 1. The average molecular weight is 632 g/mol. The molecule has 0 bridgehead atoms. The van der Waals surface area contributed by atoms with Crippen molar-refractivity contribution in [1.29, 1.82) is 0 Å². The quantitative estimate of drug-likeness (QED) is 0.184. The molecule has 238 valence electrons. The van der Waals surface area contributed by atoms with E-state index in [2.05, 4.69) is 15.8 Å². The number of esters is 2. The Morgan fingerprint density at radius 3 is 2.22 bits per heavy atom. The number of nitrogens with zero attached hydrogens (tertiary/aromatic N) is 2. The summed E-state index contributed by atoms with van der Waals surface area (Å²) in [5, 5.41) is 0. The van der Waals surface area contributed by atoms with Gasteiger partial charge in [0.25, 0.3) is 11.3 Å². The van der Waals surface area contributed by atoms with Crippen molar-refractivity contribution in [2.24, 2.45) is 5.92 Å².